The Morgan fingerprint density at radius 2 is 1.93 bits per heavy atom. The van der Waals surface area contributed by atoms with Gasteiger partial charge in [0.1, 0.15) is 0 Å². The number of aromatic nitrogens is 2. The van der Waals surface area contributed by atoms with Crippen molar-refractivity contribution in [2.45, 2.75) is 13.5 Å². The van der Waals surface area contributed by atoms with Crippen molar-refractivity contribution in [2.24, 2.45) is 0 Å². The van der Waals surface area contributed by atoms with E-state index in [4.69, 9.17) is 0 Å². The molecule has 0 aliphatic rings. The molecule has 1 N–H and O–H groups in total. The Labute approximate surface area is 171 Å². The zero-order valence-corrected chi connectivity index (χ0v) is 16.6. The molecule has 7 nitrogen and oxygen atoms in total. The maximum Gasteiger partial charge on any atom is 0.250 e. The van der Waals surface area contributed by atoms with Gasteiger partial charge in [0.15, 0.2) is 5.13 Å². The van der Waals surface area contributed by atoms with Crippen molar-refractivity contribution in [1.29, 1.82) is 0 Å². The Morgan fingerprint density at radius 1 is 1.17 bits per heavy atom. The number of para-hydroxylation sites is 1. The summed E-state index contributed by atoms with van der Waals surface area (Å²) in [5, 5.41) is 5.04. The smallest absolute Gasteiger partial charge is 0.250 e. The van der Waals surface area contributed by atoms with Crippen LogP contribution in [0.3, 0.4) is 0 Å². The van der Waals surface area contributed by atoms with Crippen LogP contribution in [-0.4, -0.2) is 27.9 Å². The predicted octanol–water partition coefficient (Wildman–Crippen LogP) is 2.82. The van der Waals surface area contributed by atoms with Gasteiger partial charge in [-0.2, -0.15) is 0 Å². The zero-order chi connectivity index (χ0) is 20.6. The zero-order valence-electron chi connectivity index (χ0n) is 15.8. The van der Waals surface area contributed by atoms with E-state index in [1.165, 1.54) is 39.9 Å². The van der Waals surface area contributed by atoms with Crippen molar-refractivity contribution in [1.82, 2.24) is 14.9 Å². The predicted molar refractivity (Wildman–Crippen MR) is 114 cm³/mol. The van der Waals surface area contributed by atoms with Crippen molar-refractivity contribution >= 4 is 40.0 Å². The number of amides is 2. The highest BCUT2D eigenvalue weighted by atomic mass is 32.1. The third-order valence-corrected chi connectivity index (χ3v) is 4.83. The van der Waals surface area contributed by atoms with Gasteiger partial charge in [0, 0.05) is 43.7 Å². The van der Waals surface area contributed by atoms with Crippen molar-refractivity contribution in [3.8, 4) is 0 Å². The van der Waals surface area contributed by atoms with Crippen LogP contribution in [0.5, 0.6) is 0 Å². The van der Waals surface area contributed by atoms with Gasteiger partial charge >= 0.3 is 0 Å². The van der Waals surface area contributed by atoms with E-state index in [0.717, 1.165) is 5.69 Å². The average Bonchev–Trinajstić information content (AvgIpc) is 3.17. The standard InChI is InChI=1S/C21H20N4O3S/c1-16(26)25(18-7-3-2-4-8-18)21-23-17(15-29-21)10-11-19(27)22-12-14-24-13-6-5-9-20(24)28/h2-11,13,15H,12,14H2,1H3,(H,22,27). The fraction of sp³-hybridized carbons (Fsp3) is 0.143. The molecule has 0 fully saturated rings. The molecule has 0 unspecified atom stereocenters. The number of rotatable bonds is 7. The van der Waals surface area contributed by atoms with Crippen LogP contribution < -0.4 is 15.8 Å². The van der Waals surface area contributed by atoms with Gasteiger partial charge in [0.05, 0.1) is 11.4 Å². The van der Waals surface area contributed by atoms with Crippen molar-refractivity contribution < 1.29 is 9.59 Å². The molecule has 0 saturated heterocycles. The van der Waals surface area contributed by atoms with E-state index in [9.17, 15) is 14.4 Å². The fourth-order valence-corrected chi connectivity index (χ4v) is 3.48. The fourth-order valence-electron chi connectivity index (χ4n) is 2.62. The van der Waals surface area contributed by atoms with Crippen LogP contribution in [-0.2, 0) is 16.1 Å². The maximum absolute atomic E-state index is 12.1. The molecule has 3 aromatic rings. The van der Waals surface area contributed by atoms with E-state index >= 15 is 0 Å². The van der Waals surface area contributed by atoms with Crippen molar-refractivity contribution in [2.75, 3.05) is 11.4 Å². The summed E-state index contributed by atoms with van der Waals surface area (Å²) < 4.78 is 1.52. The number of pyridine rings is 1. The number of benzene rings is 1. The number of nitrogens with one attached hydrogen (secondary N) is 1. The number of nitrogens with zero attached hydrogens (tertiary/aromatic N) is 3. The number of carbonyl (C=O) groups is 2. The molecule has 0 aliphatic carbocycles. The van der Waals surface area contributed by atoms with Crippen LogP contribution in [0.4, 0.5) is 10.8 Å². The first-order chi connectivity index (χ1) is 14.0. The molecule has 0 bridgehead atoms. The number of hydrogen-bond donors (Lipinski definition) is 1. The molecule has 0 spiro atoms. The molecule has 148 valence electrons. The number of carbonyl (C=O) groups excluding carboxylic acids is 2. The summed E-state index contributed by atoms with van der Waals surface area (Å²) in [4.78, 5) is 41.6. The molecule has 8 heteroatoms. The molecule has 1 aromatic carbocycles. The number of hydrogen-bond acceptors (Lipinski definition) is 5. The van der Waals surface area contributed by atoms with Crippen LogP contribution in [0.25, 0.3) is 6.08 Å². The minimum Gasteiger partial charge on any atom is -0.351 e. The van der Waals surface area contributed by atoms with E-state index in [2.05, 4.69) is 10.3 Å². The van der Waals surface area contributed by atoms with Gasteiger partial charge in [-0.05, 0) is 24.3 Å². The highest BCUT2D eigenvalue weighted by molar-refractivity contribution is 7.14. The second-order valence-electron chi connectivity index (χ2n) is 6.10. The quantitative estimate of drug-likeness (QED) is 0.610. The minimum absolute atomic E-state index is 0.110. The van der Waals surface area contributed by atoms with Gasteiger partial charge in [-0.3, -0.25) is 19.3 Å². The van der Waals surface area contributed by atoms with E-state index in [1.807, 2.05) is 30.3 Å². The molecule has 0 atom stereocenters. The maximum atomic E-state index is 12.1. The third kappa shape index (κ3) is 5.49. The lowest BCUT2D eigenvalue weighted by Gasteiger charge is -2.17. The molecule has 3 rings (SSSR count). The lowest BCUT2D eigenvalue weighted by atomic mass is 10.3. The van der Waals surface area contributed by atoms with E-state index < -0.39 is 0 Å². The summed E-state index contributed by atoms with van der Waals surface area (Å²) >= 11 is 1.32. The minimum atomic E-state index is -0.282. The van der Waals surface area contributed by atoms with Gasteiger partial charge in [-0.25, -0.2) is 4.98 Å². The summed E-state index contributed by atoms with van der Waals surface area (Å²) in [5.74, 6) is -0.426. The molecule has 29 heavy (non-hydrogen) atoms. The molecule has 0 radical (unpaired) electrons. The summed E-state index contributed by atoms with van der Waals surface area (Å²) in [5.41, 5.74) is 1.21. The van der Waals surface area contributed by atoms with Crippen molar-refractivity contribution in [3.63, 3.8) is 0 Å². The summed E-state index contributed by atoms with van der Waals surface area (Å²) in [6.45, 7) is 2.21. The molecule has 0 saturated carbocycles. The Kier molecular flexibility index (Phi) is 6.70. The van der Waals surface area contributed by atoms with Gasteiger partial charge in [0.25, 0.3) is 5.56 Å². The first-order valence-electron chi connectivity index (χ1n) is 8.97. The highest BCUT2D eigenvalue weighted by Crippen LogP contribution is 2.28. The summed E-state index contributed by atoms with van der Waals surface area (Å²) in [6.07, 6.45) is 4.65. The Morgan fingerprint density at radius 3 is 2.66 bits per heavy atom. The van der Waals surface area contributed by atoms with Crippen LogP contribution in [0.1, 0.15) is 12.6 Å². The SMILES string of the molecule is CC(=O)N(c1ccccc1)c1nc(C=CC(=O)NCCn2ccccc2=O)cs1. The first-order valence-corrected chi connectivity index (χ1v) is 9.85. The van der Waals surface area contributed by atoms with Gasteiger partial charge in [-0.15, -0.1) is 11.3 Å². The normalized spacial score (nSPS) is 10.8. The van der Waals surface area contributed by atoms with Crippen LogP contribution in [0.15, 0.2) is 71.0 Å². The Bertz CT molecular complexity index is 1070. The molecular formula is C21H20N4O3S. The second-order valence-corrected chi connectivity index (χ2v) is 6.94. The van der Waals surface area contributed by atoms with Crippen LogP contribution in [0, 0.1) is 0 Å². The van der Waals surface area contributed by atoms with Crippen LogP contribution >= 0.6 is 11.3 Å². The van der Waals surface area contributed by atoms with E-state index in [0.29, 0.717) is 23.9 Å². The lowest BCUT2D eigenvalue weighted by molar-refractivity contribution is -0.117. The van der Waals surface area contributed by atoms with Crippen molar-refractivity contribution in [3.05, 3.63) is 82.2 Å². The molecular weight excluding hydrogens is 388 g/mol. The van der Waals surface area contributed by atoms with Gasteiger partial charge < -0.3 is 9.88 Å². The Hall–Kier alpha value is -3.52. The average molecular weight is 408 g/mol. The molecule has 2 heterocycles. The second kappa shape index (κ2) is 9.61. The van der Waals surface area contributed by atoms with Crippen LogP contribution in [0.2, 0.25) is 0 Å². The topological polar surface area (TPSA) is 84.3 Å². The Balaban J connectivity index is 1.59. The summed E-state index contributed by atoms with van der Waals surface area (Å²) in [7, 11) is 0. The number of thiazole rings is 1. The first kappa shape index (κ1) is 20.2. The van der Waals surface area contributed by atoms with E-state index in [1.54, 1.807) is 29.8 Å². The lowest BCUT2D eigenvalue weighted by Crippen LogP contribution is -2.29. The summed E-state index contributed by atoms with van der Waals surface area (Å²) in [6, 6.07) is 14.2. The number of anilines is 2. The molecule has 2 aromatic heterocycles. The highest BCUT2D eigenvalue weighted by Gasteiger charge is 2.17. The van der Waals surface area contributed by atoms with Gasteiger partial charge in [0.2, 0.25) is 11.8 Å². The molecule has 2 amide bonds. The van der Waals surface area contributed by atoms with E-state index in [-0.39, 0.29) is 17.4 Å². The van der Waals surface area contributed by atoms with Gasteiger partial charge in [-0.1, -0.05) is 24.3 Å². The molecule has 0 aliphatic heterocycles. The third-order valence-electron chi connectivity index (χ3n) is 3.99. The monoisotopic (exact) mass is 408 g/mol. The largest absolute Gasteiger partial charge is 0.351 e.